The zero-order chi connectivity index (χ0) is 22.0. The number of carbonyl (C=O) groups is 4. The number of benzene rings is 3. The number of nitrogens with one attached hydrogen (secondary N) is 2. The van der Waals surface area contributed by atoms with Gasteiger partial charge < -0.3 is 10.6 Å². The highest BCUT2D eigenvalue weighted by Gasteiger charge is 2.33. The van der Waals surface area contributed by atoms with Gasteiger partial charge in [-0.15, -0.1) is 0 Å². The molecule has 3 aromatic rings. The van der Waals surface area contributed by atoms with E-state index in [-0.39, 0.29) is 52.0 Å². The molecule has 2 N–H and O–H groups in total. The highest BCUT2D eigenvalue weighted by atomic mass is 127. The molecule has 0 bridgehead atoms. The molecule has 0 unspecified atom stereocenters. The van der Waals surface area contributed by atoms with E-state index >= 15 is 0 Å². The summed E-state index contributed by atoms with van der Waals surface area (Å²) in [6, 6.07) is 18.2. The number of halogens is 1. The van der Waals surface area contributed by atoms with Crippen LogP contribution >= 0.6 is 22.6 Å². The Morgan fingerprint density at radius 1 is 0.742 bits per heavy atom. The lowest BCUT2D eigenvalue weighted by Gasteiger charge is -2.23. The second-order valence-electron chi connectivity index (χ2n) is 6.92. The minimum Gasteiger partial charge on any atom is -0.324 e. The van der Waals surface area contributed by atoms with Gasteiger partial charge >= 0.3 is 0 Å². The van der Waals surface area contributed by atoms with Gasteiger partial charge in [-0.25, -0.2) is 0 Å². The number of carbonyl (C=O) groups excluding carboxylic acids is 4. The minimum atomic E-state index is -0.447. The van der Waals surface area contributed by atoms with Crippen LogP contribution in [0.2, 0.25) is 0 Å². The van der Waals surface area contributed by atoms with Gasteiger partial charge in [0.25, 0.3) is 5.91 Å². The van der Waals surface area contributed by atoms with Crippen LogP contribution in [0.4, 0.5) is 11.4 Å². The third-order valence-corrected chi connectivity index (χ3v) is 5.50. The van der Waals surface area contributed by atoms with E-state index in [0.29, 0.717) is 15.6 Å². The lowest BCUT2D eigenvalue weighted by atomic mass is 9.82. The third kappa shape index (κ3) is 4.00. The predicted molar refractivity (Wildman–Crippen MR) is 126 cm³/mol. The fourth-order valence-electron chi connectivity index (χ4n) is 3.49. The molecule has 1 aliphatic carbocycles. The van der Waals surface area contributed by atoms with Crippen molar-refractivity contribution >= 4 is 57.3 Å². The summed E-state index contributed by atoms with van der Waals surface area (Å²) in [6.45, 7) is 0. The van der Waals surface area contributed by atoms with Crippen molar-refractivity contribution in [2.24, 2.45) is 0 Å². The van der Waals surface area contributed by atoms with Gasteiger partial charge in [0.1, 0.15) is 0 Å². The number of hydrogen-bond acceptors (Lipinski definition) is 4. The van der Waals surface area contributed by atoms with Crippen molar-refractivity contribution in [1.82, 2.24) is 0 Å². The van der Waals surface area contributed by atoms with Crippen molar-refractivity contribution in [2.45, 2.75) is 6.42 Å². The quantitative estimate of drug-likeness (QED) is 0.298. The summed E-state index contributed by atoms with van der Waals surface area (Å²) in [4.78, 5) is 51.5. The maximum absolute atomic E-state index is 13.3. The smallest absolute Gasteiger partial charge is 0.255 e. The predicted octanol–water partition coefficient (Wildman–Crippen LogP) is 4.48. The average molecular weight is 524 g/mol. The van der Waals surface area contributed by atoms with Gasteiger partial charge in [-0.3, -0.25) is 19.2 Å². The first kappa shape index (κ1) is 20.9. The lowest BCUT2D eigenvalue weighted by molar-refractivity contribution is -0.115. The van der Waals surface area contributed by atoms with E-state index in [4.69, 9.17) is 0 Å². The van der Waals surface area contributed by atoms with Gasteiger partial charge in [0.05, 0.1) is 16.9 Å². The molecule has 31 heavy (non-hydrogen) atoms. The topological polar surface area (TPSA) is 92.3 Å². The van der Waals surface area contributed by atoms with Crippen LogP contribution in [0.15, 0.2) is 66.7 Å². The number of fused-ring (bicyclic) bond motifs is 2. The van der Waals surface area contributed by atoms with Gasteiger partial charge in [0.2, 0.25) is 5.91 Å². The van der Waals surface area contributed by atoms with Crippen molar-refractivity contribution < 1.29 is 19.2 Å². The molecule has 0 saturated carbocycles. The molecule has 3 aromatic carbocycles. The summed E-state index contributed by atoms with van der Waals surface area (Å²) in [7, 11) is 0. The van der Waals surface area contributed by atoms with Gasteiger partial charge in [-0.05, 0) is 24.3 Å². The van der Waals surface area contributed by atoms with Crippen LogP contribution in [0.1, 0.15) is 48.6 Å². The molecule has 0 spiro atoms. The number of amides is 2. The van der Waals surface area contributed by atoms with Crippen LogP contribution < -0.4 is 10.6 Å². The fourth-order valence-corrected chi connectivity index (χ4v) is 3.98. The molecule has 6 nitrogen and oxygen atoms in total. The zero-order valence-corrected chi connectivity index (χ0v) is 18.4. The van der Waals surface area contributed by atoms with E-state index in [2.05, 4.69) is 33.2 Å². The SMILES string of the molecule is O=C(CCI)Nc1ccc2c(c1NC(=O)c1ccccc1)C(=O)c1ccccc1C2=O. The van der Waals surface area contributed by atoms with Crippen LogP contribution in [0, 0.1) is 0 Å². The first-order valence-electron chi connectivity index (χ1n) is 9.59. The fraction of sp³-hybridized carbons (Fsp3) is 0.0833. The minimum absolute atomic E-state index is 0.0836. The summed E-state index contributed by atoms with van der Waals surface area (Å²) in [6.07, 6.45) is 0.277. The van der Waals surface area contributed by atoms with E-state index in [1.165, 1.54) is 6.07 Å². The largest absolute Gasteiger partial charge is 0.324 e. The van der Waals surface area contributed by atoms with E-state index < -0.39 is 5.91 Å². The van der Waals surface area contributed by atoms with Gasteiger partial charge in [0.15, 0.2) is 11.6 Å². The number of anilines is 2. The van der Waals surface area contributed by atoms with Crippen LogP contribution in [0.5, 0.6) is 0 Å². The number of hydrogen-bond donors (Lipinski definition) is 2. The zero-order valence-electron chi connectivity index (χ0n) is 16.3. The third-order valence-electron chi connectivity index (χ3n) is 4.96. The number of ketones is 2. The maximum atomic E-state index is 13.3. The molecular weight excluding hydrogens is 507 g/mol. The highest BCUT2D eigenvalue weighted by molar-refractivity contribution is 14.1. The second kappa shape index (κ2) is 8.81. The number of rotatable bonds is 5. The molecular formula is C24H17IN2O4. The van der Waals surface area contributed by atoms with Crippen molar-refractivity contribution in [3.8, 4) is 0 Å². The van der Waals surface area contributed by atoms with Gasteiger partial charge in [-0.2, -0.15) is 0 Å². The summed E-state index contributed by atoms with van der Waals surface area (Å²) in [5.41, 5.74) is 1.66. The Labute approximate surface area is 192 Å². The summed E-state index contributed by atoms with van der Waals surface area (Å²) >= 11 is 2.09. The summed E-state index contributed by atoms with van der Waals surface area (Å²) < 4.78 is 0.616. The molecule has 0 heterocycles. The van der Waals surface area contributed by atoms with E-state index in [1.54, 1.807) is 60.7 Å². The average Bonchev–Trinajstić information content (AvgIpc) is 2.79. The Morgan fingerprint density at radius 2 is 1.39 bits per heavy atom. The Bertz CT molecular complexity index is 1220. The van der Waals surface area contributed by atoms with Crippen molar-refractivity contribution in [2.75, 3.05) is 15.1 Å². The Balaban J connectivity index is 1.85. The van der Waals surface area contributed by atoms with Crippen LogP contribution in [0.3, 0.4) is 0 Å². The molecule has 0 atom stereocenters. The van der Waals surface area contributed by atoms with Crippen molar-refractivity contribution in [3.63, 3.8) is 0 Å². The van der Waals surface area contributed by atoms with E-state index in [1.807, 2.05) is 0 Å². The molecule has 0 aliphatic heterocycles. The molecule has 0 aromatic heterocycles. The van der Waals surface area contributed by atoms with Crippen molar-refractivity contribution in [1.29, 1.82) is 0 Å². The summed E-state index contributed by atoms with van der Waals surface area (Å²) in [5, 5.41) is 5.51. The van der Waals surface area contributed by atoms with E-state index in [9.17, 15) is 19.2 Å². The first-order valence-corrected chi connectivity index (χ1v) is 11.1. The van der Waals surface area contributed by atoms with Gasteiger partial charge in [-0.1, -0.05) is 65.1 Å². The molecule has 2 amide bonds. The normalized spacial score (nSPS) is 12.0. The maximum Gasteiger partial charge on any atom is 0.255 e. The van der Waals surface area contributed by atoms with Crippen molar-refractivity contribution in [3.05, 3.63) is 94.5 Å². The molecule has 154 valence electrons. The standard InChI is InChI=1S/C24H17IN2O4/c25-13-12-19(28)26-18-11-10-17-20(21(18)27-24(31)14-6-2-1-3-7-14)23(30)16-9-5-4-8-15(16)22(17)29/h1-11H,12-13H2,(H,26,28)(H,27,31). The first-order chi connectivity index (χ1) is 15.0. The molecule has 0 radical (unpaired) electrons. The second-order valence-corrected chi connectivity index (χ2v) is 8.00. The van der Waals surface area contributed by atoms with Crippen LogP contribution in [0.25, 0.3) is 0 Å². The molecule has 0 saturated heterocycles. The highest BCUT2D eigenvalue weighted by Crippen LogP contribution is 2.37. The molecule has 4 rings (SSSR count). The van der Waals surface area contributed by atoms with Crippen LogP contribution in [-0.2, 0) is 4.79 Å². The van der Waals surface area contributed by atoms with Gasteiger partial charge in [0, 0.05) is 33.1 Å². The Morgan fingerprint density at radius 3 is 2.06 bits per heavy atom. The van der Waals surface area contributed by atoms with Crippen LogP contribution in [-0.4, -0.2) is 27.8 Å². The molecule has 1 aliphatic rings. The molecule has 7 heteroatoms. The monoisotopic (exact) mass is 524 g/mol. The lowest BCUT2D eigenvalue weighted by Crippen LogP contribution is -2.25. The van der Waals surface area contributed by atoms with E-state index in [0.717, 1.165) is 0 Å². The molecule has 0 fully saturated rings. The summed E-state index contributed by atoms with van der Waals surface area (Å²) in [5.74, 6) is -1.37. The number of alkyl halides is 1. The Kier molecular flexibility index (Phi) is 5.94. The Hall–Kier alpha value is -3.33.